The lowest BCUT2D eigenvalue weighted by molar-refractivity contribution is 0.882. The standard InChI is InChI=1S/C10H12ClN3/c1-4-8-7(3)10(11)14-9(12-8)5-6(2)13-14/h5H,4H2,1-3H3. The van der Waals surface area contributed by atoms with Crippen molar-refractivity contribution >= 4 is 17.2 Å². The maximum atomic E-state index is 6.18. The van der Waals surface area contributed by atoms with E-state index < -0.39 is 0 Å². The van der Waals surface area contributed by atoms with Gasteiger partial charge in [-0.2, -0.15) is 5.10 Å². The Morgan fingerprint density at radius 2 is 2.14 bits per heavy atom. The first kappa shape index (κ1) is 9.46. The molecule has 0 aromatic carbocycles. The largest absolute Gasteiger partial charge is 0.233 e. The third kappa shape index (κ3) is 1.28. The van der Waals surface area contributed by atoms with Gasteiger partial charge in [-0.15, -0.1) is 0 Å². The summed E-state index contributed by atoms with van der Waals surface area (Å²) in [5.41, 5.74) is 3.83. The van der Waals surface area contributed by atoms with Crippen LogP contribution in [0, 0.1) is 13.8 Å². The first-order valence-corrected chi connectivity index (χ1v) is 5.02. The van der Waals surface area contributed by atoms with Gasteiger partial charge in [-0.3, -0.25) is 0 Å². The summed E-state index contributed by atoms with van der Waals surface area (Å²) in [6, 6.07) is 1.94. The van der Waals surface area contributed by atoms with Gasteiger partial charge in [-0.1, -0.05) is 18.5 Å². The van der Waals surface area contributed by atoms with E-state index in [0.29, 0.717) is 5.15 Å². The molecule has 0 amide bonds. The average molecular weight is 210 g/mol. The summed E-state index contributed by atoms with van der Waals surface area (Å²) in [7, 11) is 0. The Bertz CT molecular complexity index is 488. The Morgan fingerprint density at radius 3 is 2.79 bits per heavy atom. The molecule has 74 valence electrons. The second kappa shape index (κ2) is 3.24. The van der Waals surface area contributed by atoms with Gasteiger partial charge < -0.3 is 0 Å². The summed E-state index contributed by atoms with van der Waals surface area (Å²) in [6.07, 6.45) is 0.895. The third-order valence-electron chi connectivity index (χ3n) is 2.33. The molecule has 0 bridgehead atoms. The zero-order valence-electron chi connectivity index (χ0n) is 8.50. The van der Waals surface area contributed by atoms with Crippen molar-refractivity contribution in [2.75, 3.05) is 0 Å². The van der Waals surface area contributed by atoms with Crippen molar-refractivity contribution in [1.29, 1.82) is 0 Å². The van der Waals surface area contributed by atoms with Gasteiger partial charge in [-0.05, 0) is 20.3 Å². The zero-order valence-corrected chi connectivity index (χ0v) is 9.26. The van der Waals surface area contributed by atoms with Crippen LogP contribution in [0.2, 0.25) is 5.15 Å². The van der Waals surface area contributed by atoms with Crippen molar-refractivity contribution in [3.8, 4) is 0 Å². The van der Waals surface area contributed by atoms with Gasteiger partial charge in [-0.25, -0.2) is 9.50 Å². The molecule has 3 nitrogen and oxygen atoms in total. The van der Waals surface area contributed by atoms with Gasteiger partial charge >= 0.3 is 0 Å². The van der Waals surface area contributed by atoms with Crippen LogP contribution in [-0.4, -0.2) is 14.6 Å². The highest BCUT2D eigenvalue weighted by atomic mass is 35.5. The lowest BCUT2D eigenvalue weighted by Gasteiger charge is -2.05. The van der Waals surface area contributed by atoms with Gasteiger partial charge in [0.25, 0.3) is 0 Å². The van der Waals surface area contributed by atoms with Gasteiger partial charge in [0, 0.05) is 17.3 Å². The lowest BCUT2D eigenvalue weighted by atomic mass is 10.2. The molecule has 0 fully saturated rings. The van der Waals surface area contributed by atoms with E-state index in [1.165, 1.54) is 0 Å². The van der Waals surface area contributed by atoms with Crippen LogP contribution in [0.5, 0.6) is 0 Å². The Kier molecular flexibility index (Phi) is 2.19. The van der Waals surface area contributed by atoms with E-state index >= 15 is 0 Å². The zero-order chi connectivity index (χ0) is 10.3. The molecule has 0 aliphatic rings. The summed E-state index contributed by atoms with van der Waals surface area (Å²) in [6.45, 7) is 5.99. The molecule has 2 rings (SSSR count). The normalized spacial score (nSPS) is 11.1. The minimum Gasteiger partial charge on any atom is -0.233 e. The predicted molar refractivity (Wildman–Crippen MR) is 56.8 cm³/mol. The quantitative estimate of drug-likeness (QED) is 0.676. The third-order valence-corrected chi connectivity index (χ3v) is 2.77. The van der Waals surface area contributed by atoms with Crippen molar-refractivity contribution in [2.24, 2.45) is 0 Å². The van der Waals surface area contributed by atoms with Crippen molar-refractivity contribution in [2.45, 2.75) is 27.2 Å². The van der Waals surface area contributed by atoms with Crippen LogP contribution in [0.3, 0.4) is 0 Å². The Hall–Kier alpha value is -1.09. The molecule has 0 aliphatic carbocycles. The van der Waals surface area contributed by atoms with Crippen LogP contribution in [-0.2, 0) is 6.42 Å². The fourth-order valence-electron chi connectivity index (χ4n) is 1.55. The highest BCUT2D eigenvalue weighted by Gasteiger charge is 2.09. The maximum absolute atomic E-state index is 6.18. The Balaban J connectivity index is 2.84. The van der Waals surface area contributed by atoms with Crippen LogP contribution in [0.1, 0.15) is 23.9 Å². The highest BCUT2D eigenvalue weighted by molar-refractivity contribution is 6.30. The molecule has 0 saturated carbocycles. The number of aryl methyl sites for hydroxylation is 2. The first-order chi connectivity index (χ1) is 6.63. The second-order valence-electron chi connectivity index (χ2n) is 3.38. The molecule has 0 spiro atoms. The number of halogens is 1. The number of nitrogens with zero attached hydrogens (tertiary/aromatic N) is 3. The molecule has 0 radical (unpaired) electrons. The molecule has 0 unspecified atom stereocenters. The Morgan fingerprint density at radius 1 is 1.43 bits per heavy atom. The molecule has 0 N–H and O–H groups in total. The summed E-state index contributed by atoms with van der Waals surface area (Å²) in [5, 5.41) is 4.94. The van der Waals surface area contributed by atoms with E-state index in [9.17, 15) is 0 Å². The average Bonchev–Trinajstić information content (AvgIpc) is 2.52. The summed E-state index contributed by atoms with van der Waals surface area (Å²) >= 11 is 6.18. The van der Waals surface area contributed by atoms with E-state index in [1.807, 2.05) is 19.9 Å². The highest BCUT2D eigenvalue weighted by Crippen LogP contribution is 2.20. The fourth-order valence-corrected chi connectivity index (χ4v) is 1.79. The number of aromatic nitrogens is 3. The lowest BCUT2D eigenvalue weighted by Crippen LogP contribution is -2.00. The summed E-state index contributed by atoms with van der Waals surface area (Å²) < 4.78 is 1.69. The van der Waals surface area contributed by atoms with E-state index in [-0.39, 0.29) is 0 Å². The SMILES string of the molecule is CCc1nc2cc(C)nn2c(Cl)c1C. The van der Waals surface area contributed by atoms with Crippen molar-refractivity contribution in [3.63, 3.8) is 0 Å². The molecule has 2 aromatic rings. The number of fused-ring (bicyclic) bond motifs is 1. The second-order valence-corrected chi connectivity index (χ2v) is 3.74. The van der Waals surface area contributed by atoms with Crippen LogP contribution in [0.25, 0.3) is 5.65 Å². The van der Waals surface area contributed by atoms with Crippen molar-refractivity contribution in [1.82, 2.24) is 14.6 Å². The minimum absolute atomic E-state index is 0.667. The maximum Gasteiger partial charge on any atom is 0.157 e. The Labute approximate surface area is 87.7 Å². The van der Waals surface area contributed by atoms with E-state index in [4.69, 9.17) is 11.6 Å². The summed E-state index contributed by atoms with van der Waals surface area (Å²) in [4.78, 5) is 4.49. The molecular weight excluding hydrogens is 198 g/mol. The molecule has 14 heavy (non-hydrogen) atoms. The molecule has 0 atom stereocenters. The van der Waals surface area contributed by atoms with Gasteiger partial charge in [0.15, 0.2) is 5.65 Å². The topological polar surface area (TPSA) is 30.2 Å². The molecule has 4 heteroatoms. The van der Waals surface area contributed by atoms with Gasteiger partial charge in [0.1, 0.15) is 5.15 Å². The minimum atomic E-state index is 0.667. The fraction of sp³-hybridized carbons (Fsp3) is 0.400. The van der Waals surface area contributed by atoms with E-state index in [2.05, 4.69) is 17.0 Å². The van der Waals surface area contributed by atoms with Crippen LogP contribution in [0.4, 0.5) is 0 Å². The predicted octanol–water partition coefficient (Wildman–Crippen LogP) is 2.56. The van der Waals surface area contributed by atoms with E-state index in [1.54, 1.807) is 4.52 Å². The number of rotatable bonds is 1. The van der Waals surface area contributed by atoms with Crippen LogP contribution in [0.15, 0.2) is 6.07 Å². The van der Waals surface area contributed by atoms with Gasteiger partial charge in [0.2, 0.25) is 0 Å². The molecule has 2 aromatic heterocycles. The van der Waals surface area contributed by atoms with Crippen molar-refractivity contribution in [3.05, 3.63) is 28.2 Å². The molecule has 2 heterocycles. The monoisotopic (exact) mass is 209 g/mol. The van der Waals surface area contributed by atoms with Crippen LogP contribution >= 0.6 is 11.6 Å². The number of hydrogen-bond acceptors (Lipinski definition) is 2. The molecule has 0 aliphatic heterocycles. The number of hydrogen-bond donors (Lipinski definition) is 0. The first-order valence-electron chi connectivity index (χ1n) is 4.65. The smallest absolute Gasteiger partial charge is 0.157 e. The summed E-state index contributed by atoms with van der Waals surface area (Å²) in [5.74, 6) is 0. The van der Waals surface area contributed by atoms with Gasteiger partial charge in [0.05, 0.1) is 5.69 Å². The molecular formula is C10H12ClN3. The van der Waals surface area contributed by atoms with Crippen LogP contribution < -0.4 is 0 Å². The molecule has 0 saturated heterocycles. The van der Waals surface area contributed by atoms with E-state index in [0.717, 1.165) is 29.0 Å². The van der Waals surface area contributed by atoms with Crippen molar-refractivity contribution < 1.29 is 0 Å².